The molecule has 1 aliphatic heterocycles. The Balaban J connectivity index is 1.84. The Morgan fingerprint density at radius 2 is 2.13 bits per heavy atom. The minimum Gasteiger partial charge on any atom is -0.461 e. The van der Waals surface area contributed by atoms with E-state index < -0.39 is 0 Å². The third-order valence-corrected chi connectivity index (χ3v) is 5.20. The molecule has 4 heteroatoms. The van der Waals surface area contributed by atoms with E-state index in [1.807, 2.05) is 24.3 Å². The highest BCUT2D eigenvalue weighted by Crippen LogP contribution is 2.37. The van der Waals surface area contributed by atoms with E-state index in [-0.39, 0.29) is 5.91 Å². The van der Waals surface area contributed by atoms with Crippen molar-refractivity contribution in [3.63, 3.8) is 0 Å². The van der Waals surface area contributed by atoms with Gasteiger partial charge in [0.1, 0.15) is 11.5 Å². The lowest BCUT2D eigenvalue weighted by atomic mass is 9.93. The monoisotopic (exact) mass is 371 g/mol. The van der Waals surface area contributed by atoms with Crippen LogP contribution in [-0.4, -0.2) is 5.91 Å². The zero-order valence-corrected chi connectivity index (χ0v) is 14.6. The van der Waals surface area contributed by atoms with Gasteiger partial charge in [-0.3, -0.25) is 4.79 Å². The molecule has 23 heavy (non-hydrogen) atoms. The Morgan fingerprint density at radius 1 is 1.30 bits per heavy atom. The van der Waals surface area contributed by atoms with E-state index in [2.05, 4.69) is 28.2 Å². The molecule has 0 radical (unpaired) electrons. The minimum atomic E-state index is -0.0606. The number of halogens is 1. The number of hydrogen-bond acceptors (Lipinski definition) is 2. The van der Waals surface area contributed by atoms with Gasteiger partial charge >= 0.3 is 0 Å². The first-order valence-corrected chi connectivity index (χ1v) is 8.93. The maximum absolute atomic E-state index is 12.4. The first kappa shape index (κ1) is 14.8. The van der Waals surface area contributed by atoms with Crippen LogP contribution in [0.3, 0.4) is 0 Å². The van der Waals surface area contributed by atoms with Crippen LogP contribution in [0.4, 0.5) is 5.69 Å². The molecule has 0 spiro atoms. The normalized spacial score (nSPS) is 18.0. The molecular weight excluding hydrogens is 354 g/mol. The second-order valence-corrected chi connectivity index (χ2v) is 7.02. The number of anilines is 1. The lowest BCUT2D eigenvalue weighted by Crippen LogP contribution is -2.03. The van der Waals surface area contributed by atoms with Gasteiger partial charge in [-0.05, 0) is 55.5 Å². The molecule has 3 nitrogen and oxygen atoms in total. The quantitative estimate of drug-likeness (QED) is 0.756. The highest BCUT2D eigenvalue weighted by atomic mass is 79.9. The highest BCUT2D eigenvalue weighted by molar-refractivity contribution is 9.10. The first-order chi connectivity index (χ1) is 11.2. The Kier molecular flexibility index (Phi) is 3.64. The van der Waals surface area contributed by atoms with Gasteiger partial charge in [0.05, 0.1) is 5.57 Å². The van der Waals surface area contributed by atoms with Crippen molar-refractivity contribution in [2.24, 2.45) is 0 Å². The average molecular weight is 372 g/mol. The molecule has 0 unspecified atom stereocenters. The highest BCUT2D eigenvalue weighted by Gasteiger charge is 2.27. The average Bonchev–Trinajstić information content (AvgIpc) is 3.05. The van der Waals surface area contributed by atoms with Crippen LogP contribution in [-0.2, 0) is 24.1 Å². The van der Waals surface area contributed by atoms with Crippen LogP contribution >= 0.6 is 15.9 Å². The van der Waals surface area contributed by atoms with Crippen LogP contribution < -0.4 is 5.32 Å². The van der Waals surface area contributed by atoms with Gasteiger partial charge in [0.25, 0.3) is 5.91 Å². The fourth-order valence-electron chi connectivity index (χ4n) is 3.59. The Morgan fingerprint density at radius 3 is 2.96 bits per heavy atom. The molecule has 1 aliphatic carbocycles. The lowest BCUT2D eigenvalue weighted by molar-refractivity contribution is -0.110. The molecule has 1 amide bonds. The summed E-state index contributed by atoms with van der Waals surface area (Å²) in [6.07, 6.45) is 7.39. The lowest BCUT2D eigenvalue weighted by Gasteiger charge is -2.09. The molecule has 1 aromatic heterocycles. The van der Waals surface area contributed by atoms with E-state index in [9.17, 15) is 4.79 Å². The van der Waals surface area contributed by atoms with Crippen molar-refractivity contribution < 1.29 is 9.21 Å². The molecule has 2 aromatic rings. The zero-order chi connectivity index (χ0) is 16.0. The molecule has 1 N–H and O–H groups in total. The fourth-order valence-corrected chi connectivity index (χ4v) is 3.95. The molecule has 2 heterocycles. The molecule has 118 valence electrons. The molecule has 0 fully saturated rings. The summed E-state index contributed by atoms with van der Waals surface area (Å²) in [7, 11) is 0. The van der Waals surface area contributed by atoms with E-state index in [4.69, 9.17) is 4.42 Å². The minimum absolute atomic E-state index is 0.0606. The van der Waals surface area contributed by atoms with Gasteiger partial charge in [-0.1, -0.05) is 22.9 Å². The number of nitrogens with one attached hydrogen (secondary N) is 1. The molecule has 0 saturated carbocycles. The van der Waals surface area contributed by atoms with Gasteiger partial charge in [-0.2, -0.15) is 0 Å². The molecule has 0 bridgehead atoms. The Bertz CT molecular complexity index is 832. The maximum Gasteiger partial charge on any atom is 0.256 e. The van der Waals surface area contributed by atoms with Crippen LogP contribution in [0.1, 0.15) is 48.0 Å². The molecule has 4 rings (SSSR count). The third-order valence-electron chi connectivity index (χ3n) is 4.71. The number of benzene rings is 1. The number of hydrogen-bond donors (Lipinski definition) is 1. The second kappa shape index (κ2) is 5.68. The number of carbonyl (C=O) groups is 1. The topological polar surface area (TPSA) is 42.2 Å². The Hall–Kier alpha value is -1.81. The summed E-state index contributed by atoms with van der Waals surface area (Å²) >= 11 is 3.48. The molecule has 0 atom stereocenters. The zero-order valence-electron chi connectivity index (χ0n) is 13.0. The SMILES string of the molecule is CCc1c(C=C2C(=O)Nc3ccc(Br)cc32)oc2c1CCCC2. The fraction of sp³-hybridized carbons (Fsp3) is 0.316. The standard InChI is InChI=1S/C19H18BrNO2/c1-2-12-13-5-3-4-6-17(13)23-18(12)10-15-14-9-11(20)7-8-16(14)21-19(15)22/h7-10H,2-6H2,1H3,(H,21,22). The number of fused-ring (bicyclic) bond motifs is 2. The van der Waals surface area contributed by atoms with Gasteiger partial charge in [-0.15, -0.1) is 0 Å². The van der Waals surface area contributed by atoms with Crippen LogP contribution in [0.25, 0.3) is 11.6 Å². The summed E-state index contributed by atoms with van der Waals surface area (Å²) in [6.45, 7) is 2.15. The predicted molar refractivity (Wildman–Crippen MR) is 95.4 cm³/mol. The number of furan rings is 1. The van der Waals surface area contributed by atoms with Crippen LogP contribution in [0, 0.1) is 0 Å². The van der Waals surface area contributed by atoms with Crippen molar-refractivity contribution in [1.29, 1.82) is 0 Å². The summed E-state index contributed by atoms with van der Waals surface area (Å²) in [6, 6.07) is 5.84. The van der Waals surface area contributed by atoms with Crippen LogP contribution in [0.5, 0.6) is 0 Å². The number of aryl methyl sites for hydroxylation is 1. The van der Waals surface area contributed by atoms with Crippen LogP contribution in [0.2, 0.25) is 0 Å². The molecule has 1 aromatic carbocycles. The number of rotatable bonds is 2. The second-order valence-electron chi connectivity index (χ2n) is 6.11. The van der Waals surface area contributed by atoms with E-state index in [1.54, 1.807) is 0 Å². The Labute approximate surface area is 143 Å². The van der Waals surface area contributed by atoms with Gasteiger partial charge in [-0.25, -0.2) is 0 Å². The van der Waals surface area contributed by atoms with Crippen molar-refractivity contribution in [1.82, 2.24) is 0 Å². The van der Waals surface area contributed by atoms with Gasteiger partial charge < -0.3 is 9.73 Å². The van der Waals surface area contributed by atoms with Crippen molar-refractivity contribution in [2.45, 2.75) is 39.0 Å². The number of amides is 1. The largest absolute Gasteiger partial charge is 0.461 e. The van der Waals surface area contributed by atoms with Crippen molar-refractivity contribution in [3.8, 4) is 0 Å². The number of carbonyl (C=O) groups excluding carboxylic acids is 1. The van der Waals surface area contributed by atoms with Gasteiger partial charge in [0, 0.05) is 27.7 Å². The van der Waals surface area contributed by atoms with E-state index in [1.165, 1.54) is 24.0 Å². The van der Waals surface area contributed by atoms with Crippen LogP contribution in [0.15, 0.2) is 27.1 Å². The summed E-state index contributed by atoms with van der Waals surface area (Å²) in [5.74, 6) is 1.92. The summed E-state index contributed by atoms with van der Waals surface area (Å²) in [4.78, 5) is 12.4. The van der Waals surface area contributed by atoms with E-state index in [0.29, 0.717) is 5.57 Å². The van der Waals surface area contributed by atoms with Crippen molar-refractivity contribution >= 4 is 39.2 Å². The molecule has 0 saturated heterocycles. The predicted octanol–water partition coefficient (Wildman–Crippen LogP) is 4.98. The third kappa shape index (κ3) is 2.45. The summed E-state index contributed by atoms with van der Waals surface area (Å²) in [5, 5.41) is 2.92. The van der Waals surface area contributed by atoms with Crippen molar-refractivity contribution in [3.05, 3.63) is 50.9 Å². The molecule has 2 aliphatic rings. The van der Waals surface area contributed by atoms with E-state index in [0.717, 1.165) is 46.5 Å². The van der Waals surface area contributed by atoms with Gasteiger partial charge in [0.15, 0.2) is 0 Å². The maximum atomic E-state index is 12.4. The first-order valence-electron chi connectivity index (χ1n) is 8.13. The molecular formula is C19H18BrNO2. The smallest absolute Gasteiger partial charge is 0.256 e. The van der Waals surface area contributed by atoms with E-state index >= 15 is 0 Å². The summed E-state index contributed by atoms with van der Waals surface area (Å²) in [5.41, 5.74) is 5.11. The van der Waals surface area contributed by atoms with Crippen molar-refractivity contribution in [2.75, 3.05) is 5.32 Å². The summed E-state index contributed by atoms with van der Waals surface area (Å²) < 4.78 is 7.08. The van der Waals surface area contributed by atoms with Gasteiger partial charge in [0.2, 0.25) is 0 Å².